The predicted molar refractivity (Wildman–Crippen MR) is 79.1 cm³/mol. The van der Waals surface area contributed by atoms with Gasteiger partial charge in [0.05, 0.1) is 0 Å². The Labute approximate surface area is 112 Å². The molecule has 0 radical (unpaired) electrons. The normalized spacial score (nSPS) is 11.2. The zero-order valence-electron chi connectivity index (χ0n) is 12.2. The van der Waals surface area contributed by atoms with E-state index in [1.807, 2.05) is 6.08 Å². The van der Waals surface area contributed by atoms with Crippen LogP contribution in [0.25, 0.3) is 0 Å². The van der Waals surface area contributed by atoms with E-state index in [0.29, 0.717) is 17.6 Å². The lowest BCUT2D eigenvalue weighted by molar-refractivity contribution is 0.450. The molecule has 0 saturated carbocycles. The molecule has 1 aromatic rings. The number of allylic oxidation sites excluding steroid dienone is 1. The van der Waals surface area contributed by atoms with Gasteiger partial charge in [-0.05, 0) is 47.8 Å². The molecular weight excluding hydrogens is 220 g/mol. The standard InChI is InChI=1S/C17H26O/c1-6-7-14-10-15(8-12(2)3)17(18)16(11-14)9-13(4)5/h6,10-13,18H,1,7-9H2,2-5H3. The average Bonchev–Trinajstić information content (AvgIpc) is 2.23. The van der Waals surface area contributed by atoms with Crippen molar-refractivity contribution in [2.24, 2.45) is 11.8 Å². The highest BCUT2D eigenvalue weighted by molar-refractivity contribution is 5.44. The lowest BCUT2D eigenvalue weighted by Crippen LogP contribution is -2.02. The van der Waals surface area contributed by atoms with E-state index in [1.165, 1.54) is 5.56 Å². The van der Waals surface area contributed by atoms with Gasteiger partial charge in [-0.15, -0.1) is 6.58 Å². The van der Waals surface area contributed by atoms with Crippen LogP contribution in [0.3, 0.4) is 0 Å². The Balaban J connectivity index is 3.14. The Morgan fingerprint density at radius 3 is 1.83 bits per heavy atom. The van der Waals surface area contributed by atoms with Gasteiger partial charge >= 0.3 is 0 Å². The first kappa shape index (κ1) is 14.8. The summed E-state index contributed by atoms with van der Waals surface area (Å²) in [6, 6.07) is 4.25. The molecule has 0 unspecified atom stereocenters. The molecule has 100 valence electrons. The SMILES string of the molecule is C=CCc1cc(CC(C)C)c(O)c(CC(C)C)c1. The van der Waals surface area contributed by atoms with Gasteiger partial charge in [-0.1, -0.05) is 45.9 Å². The summed E-state index contributed by atoms with van der Waals surface area (Å²) in [5, 5.41) is 10.4. The smallest absolute Gasteiger partial charge is 0.121 e. The van der Waals surface area contributed by atoms with Crippen LogP contribution in [0.15, 0.2) is 24.8 Å². The van der Waals surface area contributed by atoms with Crippen molar-refractivity contribution in [1.29, 1.82) is 0 Å². The van der Waals surface area contributed by atoms with Crippen molar-refractivity contribution in [3.05, 3.63) is 41.5 Å². The van der Waals surface area contributed by atoms with Crippen LogP contribution >= 0.6 is 0 Å². The van der Waals surface area contributed by atoms with Crippen molar-refractivity contribution in [3.63, 3.8) is 0 Å². The maximum Gasteiger partial charge on any atom is 0.121 e. The monoisotopic (exact) mass is 246 g/mol. The average molecular weight is 246 g/mol. The molecule has 0 aliphatic carbocycles. The zero-order valence-corrected chi connectivity index (χ0v) is 12.2. The highest BCUT2D eigenvalue weighted by atomic mass is 16.3. The maximum absolute atomic E-state index is 10.4. The van der Waals surface area contributed by atoms with Gasteiger partial charge in [-0.25, -0.2) is 0 Å². The van der Waals surface area contributed by atoms with Crippen LogP contribution in [0.4, 0.5) is 0 Å². The molecule has 0 aromatic heterocycles. The minimum Gasteiger partial charge on any atom is -0.507 e. The third-order valence-electron chi connectivity index (χ3n) is 2.96. The fraction of sp³-hybridized carbons (Fsp3) is 0.529. The van der Waals surface area contributed by atoms with Crippen molar-refractivity contribution in [2.75, 3.05) is 0 Å². The fourth-order valence-electron chi connectivity index (χ4n) is 2.31. The van der Waals surface area contributed by atoms with Gasteiger partial charge < -0.3 is 5.11 Å². The fourth-order valence-corrected chi connectivity index (χ4v) is 2.31. The number of hydrogen-bond donors (Lipinski definition) is 1. The van der Waals surface area contributed by atoms with Crippen LogP contribution in [-0.2, 0) is 19.3 Å². The van der Waals surface area contributed by atoms with Gasteiger partial charge in [0.1, 0.15) is 5.75 Å². The number of phenolic OH excluding ortho intramolecular Hbond substituents is 1. The first-order valence-corrected chi connectivity index (χ1v) is 6.88. The van der Waals surface area contributed by atoms with Gasteiger partial charge in [0.25, 0.3) is 0 Å². The molecule has 0 atom stereocenters. The third-order valence-corrected chi connectivity index (χ3v) is 2.96. The van der Waals surface area contributed by atoms with E-state index in [0.717, 1.165) is 30.4 Å². The molecular formula is C17H26O. The van der Waals surface area contributed by atoms with Gasteiger partial charge in [0.15, 0.2) is 0 Å². The molecule has 1 aromatic carbocycles. The highest BCUT2D eigenvalue weighted by Crippen LogP contribution is 2.29. The van der Waals surface area contributed by atoms with Gasteiger partial charge in [-0.3, -0.25) is 0 Å². The van der Waals surface area contributed by atoms with Crippen LogP contribution in [0, 0.1) is 11.8 Å². The summed E-state index contributed by atoms with van der Waals surface area (Å²) in [7, 11) is 0. The summed E-state index contributed by atoms with van der Waals surface area (Å²) in [5.74, 6) is 1.62. The van der Waals surface area contributed by atoms with Crippen LogP contribution in [0.1, 0.15) is 44.4 Å². The summed E-state index contributed by atoms with van der Waals surface area (Å²) < 4.78 is 0. The van der Waals surface area contributed by atoms with Gasteiger partial charge in [-0.2, -0.15) is 0 Å². The Kier molecular flexibility index (Phi) is 5.46. The van der Waals surface area contributed by atoms with Crippen molar-refractivity contribution < 1.29 is 5.11 Å². The largest absolute Gasteiger partial charge is 0.507 e. The second-order valence-corrected chi connectivity index (χ2v) is 5.95. The Hall–Kier alpha value is -1.24. The molecule has 1 N–H and O–H groups in total. The molecule has 0 aliphatic heterocycles. The van der Waals surface area contributed by atoms with Crippen LogP contribution < -0.4 is 0 Å². The molecule has 0 bridgehead atoms. The highest BCUT2D eigenvalue weighted by Gasteiger charge is 2.12. The summed E-state index contributed by atoms with van der Waals surface area (Å²) >= 11 is 0. The summed E-state index contributed by atoms with van der Waals surface area (Å²) in [6.07, 6.45) is 4.66. The van der Waals surface area contributed by atoms with Gasteiger partial charge in [0, 0.05) is 0 Å². The molecule has 18 heavy (non-hydrogen) atoms. The minimum atomic E-state index is 0.505. The maximum atomic E-state index is 10.4. The molecule has 0 heterocycles. The van der Waals surface area contributed by atoms with Crippen molar-refractivity contribution in [1.82, 2.24) is 0 Å². The Bertz CT molecular complexity index is 371. The summed E-state index contributed by atoms with van der Waals surface area (Å²) in [6.45, 7) is 12.5. The van der Waals surface area contributed by atoms with Gasteiger partial charge in [0.2, 0.25) is 0 Å². The van der Waals surface area contributed by atoms with Crippen molar-refractivity contribution >= 4 is 0 Å². The zero-order chi connectivity index (χ0) is 13.7. The van der Waals surface area contributed by atoms with E-state index < -0.39 is 0 Å². The molecule has 0 amide bonds. The van der Waals surface area contributed by atoms with Crippen molar-refractivity contribution in [3.8, 4) is 5.75 Å². The second-order valence-electron chi connectivity index (χ2n) is 5.95. The quantitative estimate of drug-likeness (QED) is 0.732. The lowest BCUT2D eigenvalue weighted by Gasteiger charge is -2.15. The summed E-state index contributed by atoms with van der Waals surface area (Å²) in [4.78, 5) is 0. The minimum absolute atomic E-state index is 0.505. The van der Waals surface area contributed by atoms with E-state index in [2.05, 4.69) is 46.4 Å². The molecule has 1 heteroatoms. The third kappa shape index (κ3) is 4.21. The number of phenols is 1. The molecule has 1 rings (SSSR count). The molecule has 0 fully saturated rings. The number of rotatable bonds is 6. The lowest BCUT2D eigenvalue weighted by atomic mass is 9.92. The van der Waals surface area contributed by atoms with E-state index >= 15 is 0 Å². The molecule has 0 saturated heterocycles. The molecule has 0 aliphatic rings. The van der Waals surface area contributed by atoms with Crippen LogP contribution in [0.2, 0.25) is 0 Å². The first-order valence-electron chi connectivity index (χ1n) is 6.88. The molecule has 0 spiro atoms. The molecule has 1 nitrogen and oxygen atoms in total. The second kappa shape index (κ2) is 6.63. The summed E-state index contributed by atoms with van der Waals surface area (Å²) in [5.41, 5.74) is 3.43. The van der Waals surface area contributed by atoms with Crippen LogP contribution in [-0.4, -0.2) is 5.11 Å². The van der Waals surface area contributed by atoms with Crippen LogP contribution in [0.5, 0.6) is 5.75 Å². The number of hydrogen-bond acceptors (Lipinski definition) is 1. The topological polar surface area (TPSA) is 20.2 Å². The Morgan fingerprint density at radius 2 is 1.50 bits per heavy atom. The number of aromatic hydroxyl groups is 1. The number of benzene rings is 1. The van der Waals surface area contributed by atoms with Crippen molar-refractivity contribution in [2.45, 2.75) is 47.0 Å². The van der Waals surface area contributed by atoms with E-state index in [-0.39, 0.29) is 0 Å². The van der Waals surface area contributed by atoms with E-state index in [9.17, 15) is 5.11 Å². The van der Waals surface area contributed by atoms with E-state index in [1.54, 1.807) is 0 Å². The predicted octanol–water partition coefficient (Wildman–Crippen LogP) is 4.52. The first-order chi connectivity index (χ1) is 8.43. The Morgan fingerprint density at radius 1 is 1.06 bits per heavy atom. The van der Waals surface area contributed by atoms with E-state index in [4.69, 9.17) is 0 Å².